The van der Waals surface area contributed by atoms with Crippen molar-refractivity contribution in [3.8, 4) is 0 Å². The van der Waals surface area contributed by atoms with Crippen molar-refractivity contribution in [1.29, 1.82) is 0 Å². The topological polar surface area (TPSA) is 6.25 Å². The van der Waals surface area contributed by atoms with Crippen molar-refractivity contribution >= 4 is 6.34 Å². The molecular formula is C13H19N2+. The summed E-state index contributed by atoms with van der Waals surface area (Å²) in [6, 6.07) is 11.3. The normalized spacial score (nSPS) is 15.9. The summed E-state index contributed by atoms with van der Waals surface area (Å²) >= 11 is 0. The zero-order valence-electron chi connectivity index (χ0n) is 9.56. The van der Waals surface area contributed by atoms with Crippen LogP contribution in [0.25, 0.3) is 0 Å². The van der Waals surface area contributed by atoms with E-state index in [2.05, 4.69) is 60.0 Å². The lowest BCUT2D eigenvalue weighted by molar-refractivity contribution is -0.530. The quantitative estimate of drug-likeness (QED) is 0.681. The zero-order chi connectivity index (χ0) is 10.7. The highest BCUT2D eigenvalue weighted by atomic mass is 15.3. The molecule has 0 N–H and O–H groups in total. The summed E-state index contributed by atoms with van der Waals surface area (Å²) in [6.45, 7) is 7.81. The Hall–Kier alpha value is -1.31. The number of nitrogens with zero attached hydrogens (tertiary/aromatic N) is 2. The minimum atomic E-state index is 0.616. The van der Waals surface area contributed by atoms with Gasteiger partial charge in [0.05, 0.1) is 6.04 Å². The van der Waals surface area contributed by atoms with Crippen molar-refractivity contribution in [3.05, 3.63) is 35.9 Å². The number of rotatable bonds is 3. The van der Waals surface area contributed by atoms with E-state index in [0.717, 1.165) is 19.6 Å². The molecular weight excluding hydrogens is 184 g/mol. The van der Waals surface area contributed by atoms with Gasteiger partial charge in [-0.15, -0.1) is 0 Å². The van der Waals surface area contributed by atoms with E-state index in [9.17, 15) is 0 Å². The third-order valence-electron chi connectivity index (χ3n) is 2.85. The molecule has 0 atom stereocenters. The molecule has 1 heterocycles. The molecule has 0 fully saturated rings. The molecule has 1 aliphatic heterocycles. The molecule has 2 rings (SSSR count). The van der Waals surface area contributed by atoms with Crippen LogP contribution in [-0.2, 0) is 6.54 Å². The van der Waals surface area contributed by atoms with E-state index in [4.69, 9.17) is 0 Å². The molecule has 0 aromatic heterocycles. The lowest BCUT2D eigenvalue weighted by Crippen LogP contribution is -2.27. The molecule has 0 spiro atoms. The molecule has 1 aromatic carbocycles. The van der Waals surface area contributed by atoms with Crippen LogP contribution in [0.5, 0.6) is 0 Å². The van der Waals surface area contributed by atoms with Crippen LogP contribution in [0.1, 0.15) is 19.4 Å². The zero-order valence-corrected chi connectivity index (χ0v) is 9.56. The average molecular weight is 203 g/mol. The van der Waals surface area contributed by atoms with E-state index in [-0.39, 0.29) is 0 Å². The molecule has 2 nitrogen and oxygen atoms in total. The van der Waals surface area contributed by atoms with Gasteiger partial charge < -0.3 is 0 Å². The van der Waals surface area contributed by atoms with Gasteiger partial charge in [0.25, 0.3) is 0 Å². The molecule has 1 aliphatic rings. The minimum Gasteiger partial charge on any atom is -0.262 e. The van der Waals surface area contributed by atoms with Gasteiger partial charge in [-0.05, 0) is 19.4 Å². The smallest absolute Gasteiger partial charge is 0.234 e. The Morgan fingerprint density at radius 2 is 2.00 bits per heavy atom. The third kappa shape index (κ3) is 2.58. The SMILES string of the molecule is CC(C)N1C=[N+](Cc2ccccc2)CC1. The van der Waals surface area contributed by atoms with E-state index < -0.39 is 0 Å². The van der Waals surface area contributed by atoms with E-state index in [1.165, 1.54) is 5.56 Å². The maximum atomic E-state index is 2.39. The van der Waals surface area contributed by atoms with Gasteiger partial charge in [0.1, 0.15) is 19.6 Å². The van der Waals surface area contributed by atoms with Crippen molar-refractivity contribution in [1.82, 2.24) is 4.90 Å². The maximum Gasteiger partial charge on any atom is 0.234 e. The van der Waals surface area contributed by atoms with Crippen LogP contribution in [0, 0.1) is 0 Å². The van der Waals surface area contributed by atoms with Crippen LogP contribution < -0.4 is 0 Å². The maximum absolute atomic E-state index is 2.39. The van der Waals surface area contributed by atoms with Gasteiger partial charge in [-0.1, -0.05) is 30.3 Å². The van der Waals surface area contributed by atoms with E-state index in [1.54, 1.807) is 0 Å². The molecule has 0 unspecified atom stereocenters. The van der Waals surface area contributed by atoms with Crippen LogP contribution >= 0.6 is 0 Å². The Balaban J connectivity index is 2.00. The summed E-state index contributed by atoms with van der Waals surface area (Å²) in [5.74, 6) is 0. The molecule has 0 radical (unpaired) electrons. The number of benzene rings is 1. The Morgan fingerprint density at radius 3 is 2.60 bits per heavy atom. The second-order valence-corrected chi connectivity index (χ2v) is 4.40. The Morgan fingerprint density at radius 1 is 1.27 bits per heavy atom. The summed E-state index contributed by atoms with van der Waals surface area (Å²) < 4.78 is 2.38. The predicted molar refractivity (Wildman–Crippen MR) is 63.2 cm³/mol. The highest BCUT2D eigenvalue weighted by Gasteiger charge is 2.21. The summed E-state index contributed by atoms with van der Waals surface area (Å²) in [7, 11) is 0. The molecule has 0 saturated heterocycles. The monoisotopic (exact) mass is 203 g/mol. The average Bonchev–Trinajstić information content (AvgIpc) is 2.68. The highest BCUT2D eigenvalue weighted by molar-refractivity contribution is 5.50. The van der Waals surface area contributed by atoms with E-state index in [1.807, 2.05) is 0 Å². The van der Waals surface area contributed by atoms with Gasteiger partial charge in [-0.2, -0.15) is 0 Å². The largest absolute Gasteiger partial charge is 0.262 e. The van der Waals surface area contributed by atoms with E-state index in [0.29, 0.717) is 6.04 Å². The third-order valence-corrected chi connectivity index (χ3v) is 2.85. The molecule has 80 valence electrons. The lowest BCUT2D eigenvalue weighted by Gasteiger charge is -2.09. The Labute approximate surface area is 91.8 Å². The van der Waals surface area contributed by atoms with E-state index >= 15 is 0 Å². The van der Waals surface area contributed by atoms with Crippen LogP contribution in [0.15, 0.2) is 30.3 Å². The van der Waals surface area contributed by atoms with Crippen molar-refractivity contribution in [3.63, 3.8) is 0 Å². The summed E-state index contributed by atoms with van der Waals surface area (Å²) in [5.41, 5.74) is 1.39. The van der Waals surface area contributed by atoms with Crippen LogP contribution in [-0.4, -0.2) is 34.9 Å². The first-order valence-electron chi connectivity index (χ1n) is 5.64. The van der Waals surface area contributed by atoms with Gasteiger partial charge in [0.2, 0.25) is 6.34 Å². The van der Waals surface area contributed by atoms with Crippen LogP contribution in [0.4, 0.5) is 0 Å². The summed E-state index contributed by atoms with van der Waals surface area (Å²) in [4.78, 5) is 2.39. The molecule has 0 saturated carbocycles. The fourth-order valence-electron chi connectivity index (χ4n) is 1.90. The molecule has 1 aromatic rings. The summed E-state index contributed by atoms with van der Waals surface area (Å²) in [5, 5.41) is 0. The second kappa shape index (κ2) is 4.47. The molecule has 2 heteroatoms. The number of hydrogen-bond donors (Lipinski definition) is 0. The van der Waals surface area contributed by atoms with Crippen molar-refractivity contribution in [2.75, 3.05) is 13.1 Å². The molecule has 0 amide bonds. The molecule has 15 heavy (non-hydrogen) atoms. The fourth-order valence-corrected chi connectivity index (χ4v) is 1.90. The Bertz CT molecular complexity index is 341. The minimum absolute atomic E-state index is 0.616. The van der Waals surface area contributed by atoms with Crippen molar-refractivity contribution < 1.29 is 4.58 Å². The van der Waals surface area contributed by atoms with Crippen molar-refractivity contribution in [2.24, 2.45) is 0 Å². The molecule has 0 aliphatic carbocycles. The first-order valence-corrected chi connectivity index (χ1v) is 5.64. The fraction of sp³-hybridized carbons (Fsp3) is 0.462. The molecule has 0 bridgehead atoms. The lowest BCUT2D eigenvalue weighted by atomic mass is 10.2. The highest BCUT2D eigenvalue weighted by Crippen LogP contribution is 2.05. The second-order valence-electron chi connectivity index (χ2n) is 4.40. The number of hydrogen-bond acceptors (Lipinski definition) is 1. The Kier molecular flexibility index (Phi) is 3.05. The van der Waals surface area contributed by atoms with Gasteiger partial charge in [0, 0.05) is 0 Å². The predicted octanol–water partition coefficient (Wildman–Crippen LogP) is 1.95. The van der Waals surface area contributed by atoms with Crippen LogP contribution in [0.2, 0.25) is 0 Å². The van der Waals surface area contributed by atoms with Gasteiger partial charge >= 0.3 is 0 Å². The van der Waals surface area contributed by atoms with Gasteiger partial charge in [-0.25, -0.2) is 0 Å². The van der Waals surface area contributed by atoms with Gasteiger partial charge in [0.15, 0.2) is 0 Å². The summed E-state index contributed by atoms with van der Waals surface area (Å²) in [6.07, 6.45) is 2.26. The standard InChI is InChI=1S/C13H19N2/c1-12(2)15-9-8-14(11-15)10-13-6-4-3-5-7-13/h3-7,11-12H,8-10H2,1-2H3/q+1. The van der Waals surface area contributed by atoms with Crippen LogP contribution in [0.3, 0.4) is 0 Å². The van der Waals surface area contributed by atoms with Gasteiger partial charge in [-0.3, -0.25) is 9.48 Å². The first kappa shape index (κ1) is 10.2. The van der Waals surface area contributed by atoms with Crippen molar-refractivity contribution in [2.45, 2.75) is 26.4 Å². The first-order chi connectivity index (χ1) is 7.25.